The minimum absolute atomic E-state index is 0.00809. The highest BCUT2D eigenvalue weighted by Crippen LogP contribution is 2.31. The van der Waals surface area contributed by atoms with Crippen LogP contribution in [0.25, 0.3) is 16.9 Å². The third kappa shape index (κ3) is 4.08. The lowest BCUT2D eigenvalue weighted by Gasteiger charge is -2.14. The summed E-state index contributed by atoms with van der Waals surface area (Å²) in [5.41, 5.74) is 2.62. The second-order valence-corrected chi connectivity index (χ2v) is 8.87. The van der Waals surface area contributed by atoms with E-state index < -0.39 is 23.8 Å². The van der Waals surface area contributed by atoms with Crippen molar-refractivity contribution in [3.05, 3.63) is 119 Å². The average molecular weight is 525 g/mol. The Labute approximate surface area is 220 Å². The van der Waals surface area contributed by atoms with Gasteiger partial charge in [0.15, 0.2) is 5.65 Å². The summed E-state index contributed by atoms with van der Waals surface area (Å²) in [5, 5.41) is 10.2. The number of hydrogen-bond donors (Lipinski definition) is 2. The maximum atomic E-state index is 14.8. The predicted octanol–water partition coefficient (Wildman–Crippen LogP) is 4.73. The van der Waals surface area contributed by atoms with Crippen molar-refractivity contribution in [1.29, 1.82) is 0 Å². The van der Waals surface area contributed by atoms with E-state index in [-0.39, 0.29) is 16.9 Å². The number of halogens is 2. The third-order valence-corrected chi connectivity index (χ3v) is 6.42. The van der Waals surface area contributed by atoms with Gasteiger partial charge in [0.2, 0.25) is 6.17 Å². The highest BCUT2D eigenvalue weighted by molar-refractivity contribution is 6.33. The molecule has 0 saturated heterocycles. The lowest BCUT2D eigenvalue weighted by Crippen LogP contribution is -2.42. The van der Waals surface area contributed by atoms with Crippen molar-refractivity contribution in [2.24, 2.45) is 4.99 Å². The Bertz CT molecular complexity index is 1750. The maximum Gasteiger partial charge on any atom is 0.269 e. The van der Waals surface area contributed by atoms with E-state index >= 15 is 0 Å². The van der Waals surface area contributed by atoms with Crippen LogP contribution in [0.15, 0.2) is 96.2 Å². The molecule has 0 saturated carbocycles. The van der Waals surface area contributed by atoms with Gasteiger partial charge in [0, 0.05) is 29.1 Å². The molecule has 2 N–H and O–H groups in total. The van der Waals surface area contributed by atoms with Crippen LogP contribution in [-0.4, -0.2) is 38.3 Å². The number of nitrogens with one attached hydrogen (secondary N) is 2. The summed E-state index contributed by atoms with van der Waals surface area (Å²) < 4.78 is 16.3. The molecule has 2 aromatic heterocycles. The van der Waals surface area contributed by atoms with E-state index in [1.807, 2.05) is 18.2 Å². The van der Waals surface area contributed by atoms with Crippen molar-refractivity contribution in [1.82, 2.24) is 19.9 Å². The van der Waals surface area contributed by atoms with Gasteiger partial charge in [-0.1, -0.05) is 72.3 Å². The summed E-state index contributed by atoms with van der Waals surface area (Å²) in [6, 6.07) is 22.2. The Morgan fingerprint density at radius 1 is 0.974 bits per heavy atom. The van der Waals surface area contributed by atoms with Gasteiger partial charge in [0.05, 0.1) is 16.4 Å². The average Bonchev–Trinajstić information content (AvgIpc) is 3.25. The zero-order chi connectivity index (χ0) is 26.2. The highest BCUT2D eigenvalue weighted by Gasteiger charge is 2.31. The lowest BCUT2D eigenvalue weighted by molar-refractivity contribution is -0.117. The van der Waals surface area contributed by atoms with E-state index in [1.54, 1.807) is 54.7 Å². The van der Waals surface area contributed by atoms with Gasteiger partial charge in [-0.25, -0.2) is 18.9 Å². The molecule has 186 valence electrons. The van der Waals surface area contributed by atoms with E-state index in [2.05, 4.69) is 25.7 Å². The number of aliphatic imine (C=N–C) groups is 1. The Kier molecular flexibility index (Phi) is 5.89. The van der Waals surface area contributed by atoms with E-state index in [0.717, 1.165) is 0 Å². The Morgan fingerprint density at radius 2 is 1.74 bits per heavy atom. The molecule has 1 aliphatic heterocycles. The normalized spacial score (nSPS) is 14.8. The van der Waals surface area contributed by atoms with Crippen LogP contribution in [0.1, 0.15) is 21.5 Å². The lowest BCUT2D eigenvalue weighted by atomic mass is 10.0. The molecule has 2 amide bonds. The van der Waals surface area contributed by atoms with Crippen molar-refractivity contribution in [2.75, 3.05) is 5.32 Å². The summed E-state index contributed by atoms with van der Waals surface area (Å²) in [4.78, 5) is 35.9. The number of carbonyl (C=O) groups excluding carboxylic acids is 2. The Hall–Kier alpha value is -4.89. The predicted molar refractivity (Wildman–Crippen MR) is 142 cm³/mol. The molecule has 3 heterocycles. The first-order chi connectivity index (χ1) is 18.5. The molecular weight excluding hydrogens is 507 g/mol. The van der Waals surface area contributed by atoms with Gasteiger partial charge in [-0.3, -0.25) is 9.59 Å². The third-order valence-electron chi connectivity index (χ3n) is 6.09. The second kappa shape index (κ2) is 9.53. The number of fused-ring (bicyclic) bond motifs is 2. The van der Waals surface area contributed by atoms with Crippen molar-refractivity contribution in [3.8, 4) is 11.3 Å². The quantitative estimate of drug-likeness (QED) is 0.355. The van der Waals surface area contributed by atoms with Gasteiger partial charge in [0.1, 0.15) is 17.1 Å². The van der Waals surface area contributed by atoms with Gasteiger partial charge in [-0.05, 0) is 18.2 Å². The zero-order valence-electron chi connectivity index (χ0n) is 19.6. The van der Waals surface area contributed by atoms with E-state index in [9.17, 15) is 14.0 Å². The number of rotatable bonds is 4. The molecule has 0 spiro atoms. The van der Waals surface area contributed by atoms with Crippen LogP contribution in [0, 0.1) is 5.82 Å². The smallest absolute Gasteiger partial charge is 0.269 e. The number of para-hydroxylation sites is 1. The minimum atomic E-state index is -1.37. The SMILES string of the molecule is O=C(N[C@H]1N=C(c2ccccc2)c2cccc(F)c2NC1=O)c1c(-c2ccccc2Cl)nn2cccnc12. The second-order valence-electron chi connectivity index (χ2n) is 8.46. The molecule has 0 radical (unpaired) electrons. The molecule has 1 atom stereocenters. The van der Waals surface area contributed by atoms with Crippen LogP contribution < -0.4 is 10.6 Å². The van der Waals surface area contributed by atoms with Gasteiger partial charge in [-0.15, -0.1) is 0 Å². The van der Waals surface area contributed by atoms with Crippen LogP contribution in [-0.2, 0) is 4.79 Å². The van der Waals surface area contributed by atoms with Gasteiger partial charge in [0.25, 0.3) is 11.8 Å². The van der Waals surface area contributed by atoms with Crippen molar-refractivity contribution < 1.29 is 14.0 Å². The molecule has 5 aromatic rings. The molecule has 10 heteroatoms. The summed E-state index contributed by atoms with van der Waals surface area (Å²) in [7, 11) is 0. The number of anilines is 1. The topological polar surface area (TPSA) is 101 Å². The molecule has 1 aliphatic rings. The monoisotopic (exact) mass is 524 g/mol. The van der Waals surface area contributed by atoms with Crippen LogP contribution in [0.3, 0.4) is 0 Å². The van der Waals surface area contributed by atoms with Crippen LogP contribution >= 0.6 is 11.6 Å². The number of aromatic nitrogens is 3. The van der Waals surface area contributed by atoms with Crippen molar-refractivity contribution in [2.45, 2.75) is 6.17 Å². The summed E-state index contributed by atoms with van der Waals surface area (Å²) >= 11 is 6.43. The minimum Gasteiger partial charge on any atom is -0.322 e. The number of benzene rings is 3. The van der Waals surface area contributed by atoms with Crippen molar-refractivity contribution >= 4 is 40.5 Å². The van der Waals surface area contributed by atoms with Crippen molar-refractivity contribution in [3.63, 3.8) is 0 Å². The maximum absolute atomic E-state index is 14.8. The van der Waals surface area contributed by atoms with Gasteiger partial charge in [-0.2, -0.15) is 5.10 Å². The number of benzodiazepines with no additional fused rings is 1. The Morgan fingerprint density at radius 3 is 2.55 bits per heavy atom. The molecular formula is C28H18ClFN6O2. The molecule has 0 unspecified atom stereocenters. The fourth-order valence-corrected chi connectivity index (χ4v) is 4.58. The molecule has 0 fully saturated rings. The first kappa shape index (κ1) is 23.5. The van der Waals surface area contributed by atoms with E-state index in [1.165, 1.54) is 22.8 Å². The van der Waals surface area contributed by atoms with Gasteiger partial charge >= 0.3 is 0 Å². The van der Waals surface area contributed by atoms with E-state index in [0.29, 0.717) is 33.1 Å². The molecule has 38 heavy (non-hydrogen) atoms. The number of amides is 2. The molecule has 6 rings (SSSR count). The fourth-order valence-electron chi connectivity index (χ4n) is 4.36. The number of carbonyl (C=O) groups is 2. The highest BCUT2D eigenvalue weighted by atomic mass is 35.5. The van der Waals surface area contributed by atoms with Gasteiger partial charge < -0.3 is 10.6 Å². The molecule has 0 aliphatic carbocycles. The first-order valence-corrected chi connectivity index (χ1v) is 12.0. The summed E-state index contributed by atoms with van der Waals surface area (Å²) in [5.74, 6) is -1.95. The zero-order valence-corrected chi connectivity index (χ0v) is 20.4. The molecule has 0 bridgehead atoms. The molecule has 3 aromatic carbocycles. The van der Waals surface area contributed by atoms with Crippen LogP contribution in [0.2, 0.25) is 5.02 Å². The van der Waals surface area contributed by atoms with E-state index in [4.69, 9.17) is 11.6 Å². The van der Waals surface area contributed by atoms with Crippen LogP contribution in [0.4, 0.5) is 10.1 Å². The largest absolute Gasteiger partial charge is 0.322 e. The summed E-state index contributed by atoms with van der Waals surface area (Å²) in [6.07, 6.45) is 1.82. The van der Waals surface area contributed by atoms with Crippen LogP contribution in [0.5, 0.6) is 0 Å². The molecule has 8 nitrogen and oxygen atoms in total. The summed E-state index contributed by atoms with van der Waals surface area (Å²) in [6.45, 7) is 0. The standard InChI is InChI=1S/C28H18ClFN6O2/c29-19-12-5-4-10-17(19)24-21(26-31-14-7-15-36(26)35-24)27(37)34-25-28(38)33-23-18(11-6-13-20(23)30)22(32-25)16-8-2-1-3-9-16/h1-15,25H,(H,33,38)(H,34,37)/t25-/m1/s1. The number of hydrogen-bond acceptors (Lipinski definition) is 5. The number of nitrogens with zero attached hydrogens (tertiary/aromatic N) is 4. The first-order valence-electron chi connectivity index (χ1n) is 11.6. The Balaban J connectivity index is 1.46. The fraction of sp³-hybridized carbons (Fsp3) is 0.0357.